The molecule has 1 aliphatic heterocycles. The van der Waals surface area contributed by atoms with Crippen molar-refractivity contribution < 1.29 is 9.72 Å². The number of ketones is 1. The average Bonchev–Trinajstić information content (AvgIpc) is 3.19. The number of rotatable bonds is 3. The fourth-order valence-electron chi connectivity index (χ4n) is 4.42. The standard InChI is InChI=1S/C23H24N2O3/c1-15-11-16(2)19-7-6-18(23(26)20(19)12-15)13-17-5-8-21(22(14-17)25(27)28)24-9-3-4-10-24/h5,8,11-14H,3-4,6-7,9-10H2,1-2H3/b18-13-. The molecule has 0 aromatic heterocycles. The van der Waals surface area contributed by atoms with Crippen LogP contribution < -0.4 is 4.90 Å². The van der Waals surface area contributed by atoms with Crippen LogP contribution in [0.25, 0.3) is 6.08 Å². The van der Waals surface area contributed by atoms with E-state index in [0.717, 1.165) is 60.2 Å². The third-order valence-corrected chi connectivity index (χ3v) is 5.78. The van der Waals surface area contributed by atoms with E-state index in [1.165, 1.54) is 0 Å². The van der Waals surface area contributed by atoms with E-state index in [4.69, 9.17) is 0 Å². The van der Waals surface area contributed by atoms with Gasteiger partial charge in [-0.2, -0.15) is 0 Å². The largest absolute Gasteiger partial charge is 0.366 e. The first-order valence-electron chi connectivity index (χ1n) is 9.83. The van der Waals surface area contributed by atoms with Crippen LogP contribution in [0.5, 0.6) is 0 Å². The van der Waals surface area contributed by atoms with Crippen LogP contribution in [-0.4, -0.2) is 23.8 Å². The van der Waals surface area contributed by atoms with Crippen molar-refractivity contribution in [1.29, 1.82) is 0 Å². The molecular weight excluding hydrogens is 352 g/mol. The van der Waals surface area contributed by atoms with E-state index in [9.17, 15) is 14.9 Å². The number of allylic oxidation sites excluding steroid dienone is 1. The van der Waals surface area contributed by atoms with Crippen molar-refractivity contribution in [3.8, 4) is 0 Å². The molecule has 4 rings (SSSR count). The van der Waals surface area contributed by atoms with Gasteiger partial charge in [0.05, 0.1) is 4.92 Å². The molecule has 144 valence electrons. The third-order valence-electron chi connectivity index (χ3n) is 5.78. The fourth-order valence-corrected chi connectivity index (χ4v) is 4.42. The molecule has 0 unspecified atom stereocenters. The van der Waals surface area contributed by atoms with E-state index in [-0.39, 0.29) is 16.4 Å². The number of fused-ring (bicyclic) bond motifs is 1. The van der Waals surface area contributed by atoms with Crippen LogP contribution in [0, 0.1) is 24.0 Å². The number of aryl methyl sites for hydroxylation is 2. The van der Waals surface area contributed by atoms with Crippen LogP contribution in [0.4, 0.5) is 11.4 Å². The lowest BCUT2D eigenvalue weighted by atomic mass is 9.83. The summed E-state index contributed by atoms with van der Waals surface area (Å²) in [6.45, 7) is 5.76. The van der Waals surface area contributed by atoms with Crippen LogP contribution in [0.15, 0.2) is 35.9 Å². The van der Waals surface area contributed by atoms with Gasteiger partial charge in [0, 0.05) is 30.3 Å². The molecule has 1 fully saturated rings. The Morgan fingerprint density at radius 1 is 1.07 bits per heavy atom. The smallest absolute Gasteiger partial charge is 0.293 e. The molecule has 2 aromatic rings. The van der Waals surface area contributed by atoms with Crippen molar-refractivity contribution >= 4 is 23.2 Å². The van der Waals surface area contributed by atoms with Gasteiger partial charge in [-0.15, -0.1) is 0 Å². The van der Waals surface area contributed by atoms with Crippen molar-refractivity contribution in [1.82, 2.24) is 0 Å². The molecule has 0 N–H and O–H groups in total. The van der Waals surface area contributed by atoms with E-state index in [0.29, 0.717) is 17.7 Å². The third kappa shape index (κ3) is 3.33. The molecule has 0 spiro atoms. The lowest BCUT2D eigenvalue weighted by Gasteiger charge is -2.21. The molecule has 2 aromatic carbocycles. The lowest BCUT2D eigenvalue weighted by molar-refractivity contribution is -0.384. The predicted molar refractivity (Wildman–Crippen MR) is 111 cm³/mol. The normalized spacial score (nSPS) is 17.9. The van der Waals surface area contributed by atoms with E-state index in [2.05, 4.69) is 11.0 Å². The number of Topliss-reactive ketones (excluding diaryl/α,β-unsaturated/α-hetero) is 1. The summed E-state index contributed by atoms with van der Waals surface area (Å²) < 4.78 is 0. The number of anilines is 1. The van der Waals surface area contributed by atoms with Gasteiger partial charge in [0.2, 0.25) is 0 Å². The Balaban J connectivity index is 1.70. The molecular formula is C23H24N2O3. The molecule has 5 nitrogen and oxygen atoms in total. The minimum Gasteiger partial charge on any atom is -0.366 e. The number of nitrogens with zero attached hydrogens (tertiary/aromatic N) is 2. The zero-order valence-electron chi connectivity index (χ0n) is 16.3. The topological polar surface area (TPSA) is 63.5 Å². The summed E-state index contributed by atoms with van der Waals surface area (Å²) >= 11 is 0. The van der Waals surface area contributed by atoms with Gasteiger partial charge >= 0.3 is 0 Å². The quantitative estimate of drug-likeness (QED) is 0.428. The van der Waals surface area contributed by atoms with Gasteiger partial charge in [-0.3, -0.25) is 14.9 Å². The predicted octanol–water partition coefficient (Wildman–Crippen LogP) is 5.02. The minimum absolute atomic E-state index is 0.0410. The highest BCUT2D eigenvalue weighted by molar-refractivity contribution is 6.13. The average molecular weight is 376 g/mol. The van der Waals surface area contributed by atoms with Crippen LogP contribution in [0.2, 0.25) is 0 Å². The second-order valence-corrected chi connectivity index (χ2v) is 7.81. The first kappa shape index (κ1) is 18.4. The van der Waals surface area contributed by atoms with Crippen LogP contribution in [0.3, 0.4) is 0 Å². The highest BCUT2D eigenvalue weighted by Crippen LogP contribution is 2.34. The lowest BCUT2D eigenvalue weighted by Crippen LogP contribution is -2.19. The van der Waals surface area contributed by atoms with Crippen molar-refractivity contribution in [2.45, 2.75) is 39.5 Å². The summed E-state index contributed by atoms with van der Waals surface area (Å²) in [6, 6.07) is 9.38. The number of carbonyl (C=O) groups is 1. The van der Waals surface area contributed by atoms with Gasteiger partial charge in [-0.05, 0) is 74.4 Å². The van der Waals surface area contributed by atoms with E-state index in [1.54, 1.807) is 6.07 Å². The fraction of sp³-hybridized carbons (Fsp3) is 0.348. The maximum Gasteiger partial charge on any atom is 0.293 e. The molecule has 0 bridgehead atoms. The van der Waals surface area contributed by atoms with Crippen molar-refractivity contribution in [3.63, 3.8) is 0 Å². The van der Waals surface area contributed by atoms with E-state index < -0.39 is 0 Å². The molecule has 1 heterocycles. The zero-order valence-corrected chi connectivity index (χ0v) is 16.3. The number of carbonyl (C=O) groups excluding carboxylic acids is 1. The molecule has 5 heteroatoms. The van der Waals surface area contributed by atoms with Gasteiger partial charge in [0.1, 0.15) is 5.69 Å². The molecule has 0 saturated carbocycles. The maximum atomic E-state index is 13.0. The van der Waals surface area contributed by atoms with Gasteiger partial charge in [-0.25, -0.2) is 0 Å². The Bertz CT molecular complexity index is 1000. The molecule has 2 aliphatic rings. The van der Waals surface area contributed by atoms with Crippen molar-refractivity contribution in [3.05, 3.63) is 73.8 Å². The number of nitro groups is 1. The van der Waals surface area contributed by atoms with E-state index in [1.807, 2.05) is 38.1 Å². The summed E-state index contributed by atoms with van der Waals surface area (Å²) in [6.07, 6.45) is 5.44. The Kier molecular flexibility index (Phi) is 4.75. The minimum atomic E-state index is -0.319. The van der Waals surface area contributed by atoms with Gasteiger partial charge in [0.15, 0.2) is 5.78 Å². The monoisotopic (exact) mass is 376 g/mol. The summed E-state index contributed by atoms with van der Waals surface area (Å²) in [7, 11) is 0. The van der Waals surface area contributed by atoms with Gasteiger partial charge < -0.3 is 4.90 Å². The number of benzene rings is 2. The molecule has 0 radical (unpaired) electrons. The summed E-state index contributed by atoms with van der Waals surface area (Å²) in [4.78, 5) is 26.4. The molecule has 0 amide bonds. The van der Waals surface area contributed by atoms with Crippen LogP contribution in [0.1, 0.15) is 51.9 Å². The summed E-state index contributed by atoms with van der Waals surface area (Å²) in [5.74, 6) is 0.0410. The van der Waals surface area contributed by atoms with Crippen LogP contribution in [-0.2, 0) is 6.42 Å². The number of hydrogen-bond donors (Lipinski definition) is 0. The van der Waals surface area contributed by atoms with E-state index >= 15 is 0 Å². The number of nitro benzene ring substituents is 1. The van der Waals surface area contributed by atoms with Crippen molar-refractivity contribution in [2.24, 2.45) is 0 Å². The SMILES string of the molecule is Cc1cc(C)c2c(c1)C(=O)/C(=C\c1ccc(N3CCCC3)c([N+](=O)[O-])c1)CC2. The molecule has 0 atom stereocenters. The second kappa shape index (κ2) is 7.23. The number of hydrogen-bond acceptors (Lipinski definition) is 4. The Morgan fingerprint density at radius 2 is 1.82 bits per heavy atom. The zero-order chi connectivity index (χ0) is 19.8. The maximum absolute atomic E-state index is 13.0. The van der Waals surface area contributed by atoms with Crippen LogP contribution >= 0.6 is 0 Å². The Hall–Kier alpha value is -2.95. The molecule has 1 aliphatic carbocycles. The first-order chi connectivity index (χ1) is 13.4. The molecule has 28 heavy (non-hydrogen) atoms. The van der Waals surface area contributed by atoms with Crippen molar-refractivity contribution in [2.75, 3.05) is 18.0 Å². The molecule has 1 saturated heterocycles. The van der Waals surface area contributed by atoms with Gasteiger partial charge in [-0.1, -0.05) is 17.7 Å². The second-order valence-electron chi connectivity index (χ2n) is 7.81. The summed E-state index contributed by atoms with van der Waals surface area (Å²) in [5.41, 5.74) is 6.38. The first-order valence-corrected chi connectivity index (χ1v) is 9.83. The summed E-state index contributed by atoms with van der Waals surface area (Å²) in [5, 5.41) is 11.6. The van der Waals surface area contributed by atoms with Gasteiger partial charge in [0.25, 0.3) is 5.69 Å². The Morgan fingerprint density at radius 3 is 2.54 bits per heavy atom. The Labute approximate surface area is 164 Å². The highest BCUT2D eigenvalue weighted by atomic mass is 16.6. The highest BCUT2D eigenvalue weighted by Gasteiger charge is 2.25.